The van der Waals surface area contributed by atoms with E-state index in [-0.39, 0.29) is 6.42 Å². The van der Waals surface area contributed by atoms with E-state index in [0.29, 0.717) is 0 Å². The molecule has 4 N–H and O–H groups in total. The Morgan fingerprint density at radius 1 is 1.26 bits per heavy atom. The number of halogens is 3. The quantitative estimate of drug-likeness (QED) is 0.387. The molecule has 0 bridgehead atoms. The van der Waals surface area contributed by atoms with Gasteiger partial charge in [-0.15, -0.1) is 0 Å². The molecule has 23 heavy (non-hydrogen) atoms. The van der Waals surface area contributed by atoms with Crippen LogP contribution in [0.1, 0.15) is 12.0 Å². The number of ether oxygens (including phenoxy) is 1. The van der Waals surface area contributed by atoms with Crippen molar-refractivity contribution >= 4 is 11.9 Å². The molecule has 6 nitrogen and oxygen atoms in total. The number of nitrogens with two attached hydrogens (primary N) is 1. The lowest BCUT2D eigenvalue weighted by Crippen LogP contribution is -2.51. The van der Waals surface area contributed by atoms with E-state index < -0.39 is 36.6 Å². The number of carbonyl (C=O) groups excluding carboxylic acids is 2. The topological polar surface area (TPSA) is 93.4 Å². The highest BCUT2D eigenvalue weighted by Gasteiger charge is 2.40. The summed E-state index contributed by atoms with van der Waals surface area (Å²) < 4.78 is 42.3. The molecule has 0 aromatic heterocycles. The van der Waals surface area contributed by atoms with Gasteiger partial charge in [0, 0.05) is 6.42 Å². The van der Waals surface area contributed by atoms with Gasteiger partial charge in [0.1, 0.15) is 12.1 Å². The van der Waals surface area contributed by atoms with Crippen LogP contribution in [-0.4, -0.2) is 37.2 Å². The first-order valence-corrected chi connectivity index (χ1v) is 6.72. The van der Waals surface area contributed by atoms with Crippen LogP contribution < -0.4 is 16.6 Å². The number of rotatable bonds is 7. The van der Waals surface area contributed by atoms with Crippen molar-refractivity contribution in [2.75, 3.05) is 7.11 Å². The van der Waals surface area contributed by atoms with E-state index in [9.17, 15) is 22.8 Å². The van der Waals surface area contributed by atoms with Gasteiger partial charge in [-0.05, 0) is 5.56 Å². The zero-order chi connectivity index (χ0) is 17.5. The number of methoxy groups -OCH3 is 1. The Balaban J connectivity index is 2.73. The molecule has 1 amide bonds. The second-order valence-electron chi connectivity index (χ2n) is 4.80. The SMILES string of the molecule is COC(=O)C(Cc1ccccc1)NC(=O)CC(NN)C(F)(F)F. The summed E-state index contributed by atoms with van der Waals surface area (Å²) in [5, 5.41) is 2.24. The van der Waals surface area contributed by atoms with Gasteiger partial charge in [0.2, 0.25) is 5.91 Å². The van der Waals surface area contributed by atoms with Crippen molar-refractivity contribution in [3.8, 4) is 0 Å². The zero-order valence-corrected chi connectivity index (χ0v) is 12.4. The lowest BCUT2D eigenvalue weighted by molar-refractivity contribution is -0.162. The maximum absolute atomic E-state index is 12.6. The van der Waals surface area contributed by atoms with Crippen molar-refractivity contribution in [2.24, 2.45) is 5.84 Å². The van der Waals surface area contributed by atoms with E-state index in [1.807, 2.05) is 0 Å². The standard InChI is InChI=1S/C14H18F3N3O3/c1-23-13(22)10(7-9-5-3-2-4-6-9)19-12(21)8-11(20-18)14(15,16)17/h2-6,10-11,20H,7-8,18H2,1H3,(H,19,21). The predicted molar refractivity (Wildman–Crippen MR) is 75.9 cm³/mol. The third-order valence-electron chi connectivity index (χ3n) is 3.09. The predicted octanol–water partition coefficient (Wildman–Crippen LogP) is 0.671. The van der Waals surface area contributed by atoms with E-state index in [2.05, 4.69) is 10.1 Å². The molecular weight excluding hydrogens is 315 g/mol. The summed E-state index contributed by atoms with van der Waals surface area (Å²) in [6, 6.07) is 5.42. The van der Waals surface area contributed by atoms with Crippen LogP contribution in [-0.2, 0) is 20.7 Å². The van der Waals surface area contributed by atoms with Gasteiger partial charge in [-0.3, -0.25) is 10.6 Å². The van der Waals surface area contributed by atoms with Gasteiger partial charge in [0.25, 0.3) is 0 Å². The third kappa shape index (κ3) is 6.25. The van der Waals surface area contributed by atoms with Crippen LogP contribution in [0, 0.1) is 0 Å². The molecule has 2 atom stereocenters. The summed E-state index contributed by atoms with van der Waals surface area (Å²) in [6.07, 6.45) is -5.51. The second kappa shape index (κ2) is 8.49. The van der Waals surface area contributed by atoms with Gasteiger partial charge >= 0.3 is 12.1 Å². The van der Waals surface area contributed by atoms with Gasteiger partial charge in [0.05, 0.1) is 13.5 Å². The first-order valence-electron chi connectivity index (χ1n) is 6.72. The van der Waals surface area contributed by atoms with Crippen LogP contribution >= 0.6 is 0 Å². The number of amides is 1. The van der Waals surface area contributed by atoms with E-state index in [4.69, 9.17) is 5.84 Å². The van der Waals surface area contributed by atoms with E-state index in [1.54, 1.807) is 30.3 Å². The van der Waals surface area contributed by atoms with Crippen LogP contribution in [0.15, 0.2) is 30.3 Å². The minimum absolute atomic E-state index is 0.103. The van der Waals surface area contributed by atoms with Crippen molar-refractivity contribution in [3.05, 3.63) is 35.9 Å². The Bertz CT molecular complexity index is 523. The molecule has 0 aliphatic carbocycles. The molecule has 0 saturated heterocycles. The van der Waals surface area contributed by atoms with Crippen LogP contribution in [0.2, 0.25) is 0 Å². The van der Waals surface area contributed by atoms with Crippen molar-refractivity contribution in [1.29, 1.82) is 0 Å². The number of hydrogen-bond acceptors (Lipinski definition) is 5. The molecule has 0 radical (unpaired) electrons. The molecule has 0 aliphatic rings. The fourth-order valence-corrected chi connectivity index (χ4v) is 1.89. The minimum Gasteiger partial charge on any atom is -0.467 e. The normalized spacial score (nSPS) is 14.0. The Hall–Kier alpha value is -2.13. The fraction of sp³-hybridized carbons (Fsp3) is 0.429. The number of esters is 1. The molecule has 1 aromatic carbocycles. The van der Waals surface area contributed by atoms with Crippen LogP contribution in [0.3, 0.4) is 0 Å². The van der Waals surface area contributed by atoms with Crippen molar-refractivity contribution in [1.82, 2.24) is 10.7 Å². The summed E-state index contributed by atoms with van der Waals surface area (Å²) in [5.41, 5.74) is 2.27. The van der Waals surface area contributed by atoms with Crippen molar-refractivity contribution in [3.63, 3.8) is 0 Å². The Morgan fingerprint density at radius 2 is 1.87 bits per heavy atom. The average molecular weight is 333 g/mol. The zero-order valence-electron chi connectivity index (χ0n) is 12.4. The molecule has 0 saturated carbocycles. The number of alkyl halides is 3. The first kappa shape index (κ1) is 18.9. The van der Waals surface area contributed by atoms with Gasteiger partial charge in [-0.25, -0.2) is 10.2 Å². The summed E-state index contributed by atoms with van der Waals surface area (Å²) in [6.45, 7) is 0. The molecule has 1 rings (SSSR count). The Labute approximate surface area is 131 Å². The molecule has 9 heteroatoms. The number of carbonyl (C=O) groups is 2. The lowest BCUT2D eigenvalue weighted by Gasteiger charge is -2.21. The average Bonchev–Trinajstić information content (AvgIpc) is 2.51. The Morgan fingerprint density at radius 3 is 2.35 bits per heavy atom. The van der Waals surface area contributed by atoms with Gasteiger partial charge in [0.15, 0.2) is 0 Å². The highest BCUT2D eigenvalue weighted by atomic mass is 19.4. The van der Waals surface area contributed by atoms with Gasteiger partial charge in [-0.2, -0.15) is 13.2 Å². The van der Waals surface area contributed by atoms with Crippen LogP contribution in [0.25, 0.3) is 0 Å². The summed E-state index contributed by atoms with van der Waals surface area (Å²) in [7, 11) is 1.13. The fourth-order valence-electron chi connectivity index (χ4n) is 1.89. The number of hydrazine groups is 1. The lowest BCUT2D eigenvalue weighted by atomic mass is 10.1. The number of benzene rings is 1. The van der Waals surface area contributed by atoms with E-state index in [1.165, 1.54) is 5.43 Å². The molecule has 1 aromatic rings. The molecule has 2 unspecified atom stereocenters. The first-order chi connectivity index (χ1) is 10.8. The minimum atomic E-state index is -4.67. The molecule has 0 aliphatic heterocycles. The Kier molecular flexibility index (Phi) is 6.98. The van der Waals surface area contributed by atoms with Crippen LogP contribution in [0.4, 0.5) is 13.2 Å². The molecular formula is C14H18F3N3O3. The summed E-state index contributed by atoms with van der Waals surface area (Å²) in [4.78, 5) is 23.5. The van der Waals surface area contributed by atoms with E-state index >= 15 is 0 Å². The van der Waals surface area contributed by atoms with E-state index in [0.717, 1.165) is 12.7 Å². The molecule has 0 heterocycles. The smallest absolute Gasteiger partial charge is 0.405 e. The van der Waals surface area contributed by atoms with Gasteiger partial charge in [-0.1, -0.05) is 30.3 Å². The summed E-state index contributed by atoms with van der Waals surface area (Å²) >= 11 is 0. The number of nitrogens with one attached hydrogen (secondary N) is 2. The highest BCUT2D eigenvalue weighted by Crippen LogP contribution is 2.21. The van der Waals surface area contributed by atoms with Gasteiger partial charge < -0.3 is 10.1 Å². The molecule has 0 fully saturated rings. The number of hydrogen-bond donors (Lipinski definition) is 3. The van der Waals surface area contributed by atoms with Crippen molar-refractivity contribution in [2.45, 2.75) is 31.1 Å². The largest absolute Gasteiger partial charge is 0.467 e. The third-order valence-corrected chi connectivity index (χ3v) is 3.09. The highest BCUT2D eigenvalue weighted by molar-refractivity contribution is 5.85. The maximum Gasteiger partial charge on any atom is 0.405 e. The maximum atomic E-state index is 12.6. The van der Waals surface area contributed by atoms with Crippen LogP contribution in [0.5, 0.6) is 0 Å². The molecule has 0 spiro atoms. The second-order valence-corrected chi connectivity index (χ2v) is 4.80. The summed E-state index contributed by atoms with van der Waals surface area (Å²) in [5.74, 6) is 3.10. The van der Waals surface area contributed by atoms with Crippen molar-refractivity contribution < 1.29 is 27.5 Å². The molecule has 128 valence electrons. The monoisotopic (exact) mass is 333 g/mol.